The maximum absolute atomic E-state index is 13.9. The van der Waals surface area contributed by atoms with Gasteiger partial charge < -0.3 is 25.4 Å². The van der Waals surface area contributed by atoms with E-state index in [0.717, 1.165) is 36.0 Å². The van der Waals surface area contributed by atoms with Crippen LogP contribution in [0.25, 0.3) is 21.8 Å². The first-order chi connectivity index (χ1) is 18.7. The van der Waals surface area contributed by atoms with E-state index in [-0.39, 0.29) is 24.4 Å². The highest BCUT2D eigenvalue weighted by Gasteiger charge is 2.33. The van der Waals surface area contributed by atoms with Crippen LogP contribution in [-0.4, -0.2) is 57.9 Å². The molecule has 2 amide bonds. The topological polar surface area (TPSA) is 109 Å². The van der Waals surface area contributed by atoms with Gasteiger partial charge in [0.15, 0.2) is 0 Å². The van der Waals surface area contributed by atoms with Crippen molar-refractivity contribution in [3.05, 3.63) is 59.8 Å². The summed E-state index contributed by atoms with van der Waals surface area (Å²) in [4.78, 5) is 39.0. The standard InChI is InChI=1S/C30H37N7O2/c1-19(2)17-37-25(29(39)36(18-26(31)38)23-10-7-11-23)15-24-27(35(3)4)33-30(34-28(24)37)32-16-20-12-13-21-8-5-6-9-22(21)14-20/h5-6,8-9,12-15,19,23H,7,10-11,16-18H2,1-4H3,(H2,31,38)(H,32,33,34). The second-order valence-electron chi connectivity index (χ2n) is 11.1. The fraction of sp³-hybridized carbons (Fsp3) is 0.400. The molecule has 1 fully saturated rings. The number of primary amides is 1. The second-order valence-corrected chi connectivity index (χ2v) is 11.1. The molecule has 2 aromatic carbocycles. The maximum atomic E-state index is 13.9. The predicted molar refractivity (Wildman–Crippen MR) is 156 cm³/mol. The molecule has 0 atom stereocenters. The number of hydrogen-bond donors (Lipinski definition) is 2. The monoisotopic (exact) mass is 527 g/mol. The van der Waals surface area contributed by atoms with Gasteiger partial charge in [-0.15, -0.1) is 0 Å². The van der Waals surface area contributed by atoms with Crippen molar-refractivity contribution in [3.8, 4) is 0 Å². The molecule has 4 aromatic rings. The highest BCUT2D eigenvalue weighted by atomic mass is 16.2. The summed E-state index contributed by atoms with van der Waals surface area (Å²) < 4.78 is 1.98. The number of benzene rings is 2. The van der Waals surface area contributed by atoms with Gasteiger partial charge in [0.1, 0.15) is 17.2 Å². The Morgan fingerprint density at radius 1 is 1.08 bits per heavy atom. The average molecular weight is 528 g/mol. The average Bonchev–Trinajstić information content (AvgIpc) is 3.22. The van der Waals surface area contributed by atoms with Crippen molar-refractivity contribution in [2.24, 2.45) is 11.7 Å². The lowest BCUT2D eigenvalue weighted by Crippen LogP contribution is -2.48. The first-order valence-electron chi connectivity index (χ1n) is 13.6. The van der Waals surface area contributed by atoms with Gasteiger partial charge in [0.2, 0.25) is 11.9 Å². The van der Waals surface area contributed by atoms with Crippen LogP contribution in [0.3, 0.4) is 0 Å². The Morgan fingerprint density at radius 2 is 1.82 bits per heavy atom. The third-order valence-electron chi connectivity index (χ3n) is 7.29. The molecule has 1 aliphatic carbocycles. The third kappa shape index (κ3) is 5.53. The molecule has 0 radical (unpaired) electrons. The van der Waals surface area contributed by atoms with Gasteiger partial charge in [0.25, 0.3) is 5.91 Å². The van der Waals surface area contributed by atoms with E-state index in [0.29, 0.717) is 30.4 Å². The summed E-state index contributed by atoms with van der Waals surface area (Å²) in [5.74, 6) is 0.799. The van der Waals surface area contributed by atoms with E-state index in [4.69, 9.17) is 15.7 Å². The van der Waals surface area contributed by atoms with Crippen molar-refractivity contribution < 1.29 is 9.59 Å². The number of carbonyl (C=O) groups is 2. The smallest absolute Gasteiger partial charge is 0.271 e. The molecule has 204 valence electrons. The number of anilines is 2. The molecule has 9 nitrogen and oxygen atoms in total. The lowest BCUT2D eigenvalue weighted by atomic mass is 9.91. The van der Waals surface area contributed by atoms with Crippen molar-refractivity contribution in [3.63, 3.8) is 0 Å². The van der Waals surface area contributed by atoms with Gasteiger partial charge in [-0.3, -0.25) is 9.59 Å². The van der Waals surface area contributed by atoms with Gasteiger partial charge in [0, 0.05) is 33.2 Å². The molecule has 1 aliphatic rings. The third-order valence-corrected chi connectivity index (χ3v) is 7.29. The van der Waals surface area contributed by atoms with Gasteiger partial charge in [-0.25, -0.2) is 0 Å². The van der Waals surface area contributed by atoms with Crippen LogP contribution in [0.5, 0.6) is 0 Å². The van der Waals surface area contributed by atoms with Crippen molar-refractivity contribution in [2.45, 2.75) is 52.2 Å². The largest absolute Gasteiger partial charge is 0.368 e. The van der Waals surface area contributed by atoms with E-state index in [9.17, 15) is 9.59 Å². The van der Waals surface area contributed by atoms with E-state index in [2.05, 4.69) is 49.5 Å². The normalized spacial score (nSPS) is 13.6. The van der Waals surface area contributed by atoms with E-state index in [1.165, 1.54) is 10.8 Å². The van der Waals surface area contributed by atoms with Gasteiger partial charge in [-0.2, -0.15) is 9.97 Å². The van der Waals surface area contributed by atoms with E-state index >= 15 is 0 Å². The Hall–Kier alpha value is -4.14. The van der Waals surface area contributed by atoms with Crippen LogP contribution < -0.4 is 16.0 Å². The van der Waals surface area contributed by atoms with Gasteiger partial charge in [-0.05, 0) is 53.6 Å². The fourth-order valence-corrected chi connectivity index (χ4v) is 5.17. The Bertz CT molecular complexity index is 1520. The van der Waals surface area contributed by atoms with Crippen molar-refractivity contribution in [2.75, 3.05) is 30.9 Å². The molecule has 2 heterocycles. The van der Waals surface area contributed by atoms with Crippen LogP contribution in [0.2, 0.25) is 0 Å². The van der Waals surface area contributed by atoms with Crippen LogP contribution in [0.1, 0.15) is 49.2 Å². The molecule has 0 aliphatic heterocycles. The molecule has 1 saturated carbocycles. The van der Waals surface area contributed by atoms with Gasteiger partial charge in [-0.1, -0.05) is 50.2 Å². The summed E-state index contributed by atoms with van der Waals surface area (Å²) in [6.07, 6.45) is 2.81. The van der Waals surface area contributed by atoms with E-state index in [1.54, 1.807) is 4.90 Å². The van der Waals surface area contributed by atoms with Crippen LogP contribution in [-0.2, 0) is 17.9 Å². The summed E-state index contributed by atoms with van der Waals surface area (Å²) in [6, 6.07) is 16.6. The number of amides is 2. The van der Waals surface area contributed by atoms with Crippen LogP contribution in [0.4, 0.5) is 11.8 Å². The Balaban J connectivity index is 1.54. The molecule has 0 unspecified atom stereocenters. The summed E-state index contributed by atoms with van der Waals surface area (Å²) in [7, 11) is 3.87. The van der Waals surface area contributed by atoms with Crippen molar-refractivity contribution in [1.29, 1.82) is 0 Å². The van der Waals surface area contributed by atoms with Crippen LogP contribution in [0, 0.1) is 5.92 Å². The number of nitrogens with one attached hydrogen (secondary N) is 1. The lowest BCUT2D eigenvalue weighted by molar-refractivity contribution is -0.119. The molecule has 0 bridgehead atoms. The molecule has 2 aromatic heterocycles. The second kappa shape index (κ2) is 10.9. The fourth-order valence-electron chi connectivity index (χ4n) is 5.17. The number of hydrogen-bond acceptors (Lipinski definition) is 6. The number of rotatable bonds is 10. The summed E-state index contributed by atoms with van der Waals surface area (Å²) in [5, 5.41) is 6.58. The van der Waals surface area contributed by atoms with Crippen LogP contribution in [0.15, 0.2) is 48.5 Å². The Labute approximate surface area is 229 Å². The summed E-state index contributed by atoms with van der Waals surface area (Å²) in [5.41, 5.74) is 7.87. The number of nitrogens with zero attached hydrogens (tertiary/aromatic N) is 5. The molecular formula is C30H37N7O2. The molecule has 9 heteroatoms. The Morgan fingerprint density at radius 3 is 2.46 bits per heavy atom. The molecule has 5 rings (SSSR count). The quantitative estimate of drug-likeness (QED) is 0.316. The number of nitrogens with two attached hydrogens (primary N) is 1. The first-order valence-corrected chi connectivity index (χ1v) is 13.6. The predicted octanol–water partition coefficient (Wildman–Crippen LogP) is 4.40. The Kier molecular flexibility index (Phi) is 7.41. The lowest BCUT2D eigenvalue weighted by Gasteiger charge is -2.37. The highest BCUT2D eigenvalue weighted by Crippen LogP contribution is 2.32. The number of aromatic nitrogens is 3. The van der Waals surface area contributed by atoms with Gasteiger partial charge in [0.05, 0.1) is 11.9 Å². The van der Waals surface area contributed by atoms with E-state index < -0.39 is 5.91 Å². The van der Waals surface area contributed by atoms with E-state index in [1.807, 2.05) is 41.8 Å². The molecular weight excluding hydrogens is 490 g/mol. The zero-order chi connectivity index (χ0) is 27.7. The number of fused-ring (bicyclic) bond motifs is 2. The first kappa shape index (κ1) is 26.5. The van der Waals surface area contributed by atoms with Crippen molar-refractivity contribution >= 4 is 45.4 Å². The zero-order valence-electron chi connectivity index (χ0n) is 23.1. The molecule has 0 saturated heterocycles. The van der Waals surface area contributed by atoms with Crippen molar-refractivity contribution in [1.82, 2.24) is 19.4 Å². The SMILES string of the molecule is CC(C)Cn1c(C(=O)N(CC(N)=O)C2CCC2)cc2c(N(C)C)nc(NCc3ccc4ccccc4c3)nc21. The highest BCUT2D eigenvalue weighted by molar-refractivity contribution is 6.02. The maximum Gasteiger partial charge on any atom is 0.271 e. The molecule has 3 N–H and O–H groups in total. The van der Waals surface area contributed by atoms with Crippen LogP contribution >= 0.6 is 0 Å². The molecule has 0 spiro atoms. The number of carbonyl (C=O) groups excluding carboxylic acids is 2. The zero-order valence-corrected chi connectivity index (χ0v) is 23.1. The molecule has 39 heavy (non-hydrogen) atoms. The summed E-state index contributed by atoms with van der Waals surface area (Å²) in [6.45, 7) is 5.30. The summed E-state index contributed by atoms with van der Waals surface area (Å²) >= 11 is 0. The minimum absolute atomic E-state index is 0.0362. The van der Waals surface area contributed by atoms with Gasteiger partial charge >= 0.3 is 0 Å². The minimum Gasteiger partial charge on any atom is -0.368 e. The minimum atomic E-state index is -0.504.